The van der Waals surface area contributed by atoms with Crippen LogP contribution in [0.3, 0.4) is 0 Å². The van der Waals surface area contributed by atoms with Gasteiger partial charge in [0.15, 0.2) is 17.7 Å². The number of carbonyl (C=O) groups excluding carboxylic acids is 1. The molecule has 6 N–H and O–H groups in total. The molecule has 0 unspecified atom stereocenters. The van der Waals surface area contributed by atoms with E-state index in [1.807, 2.05) is 43.1 Å². The topological polar surface area (TPSA) is 164 Å². The molecule has 0 spiro atoms. The number of aromatic nitrogens is 4. The van der Waals surface area contributed by atoms with E-state index in [9.17, 15) is 15.0 Å². The van der Waals surface area contributed by atoms with Gasteiger partial charge in [-0.1, -0.05) is 39.8 Å². The molecular formula is C27H40N8O4. The summed E-state index contributed by atoms with van der Waals surface area (Å²) in [6.07, 6.45) is 0.534. The number of rotatable bonds is 9. The molecule has 12 heteroatoms. The molecule has 39 heavy (non-hydrogen) atoms. The van der Waals surface area contributed by atoms with Crippen LogP contribution in [0.1, 0.15) is 52.3 Å². The van der Waals surface area contributed by atoms with Crippen LogP contribution < -0.4 is 16.4 Å². The number of ether oxygens (including phenoxy) is 1. The Kier molecular flexibility index (Phi) is 8.70. The van der Waals surface area contributed by atoms with E-state index < -0.39 is 24.5 Å². The Morgan fingerprint density at radius 3 is 2.56 bits per heavy atom. The highest BCUT2D eigenvalue weighted by Crippen LogP contribution is 2.32. The lowest BCUT2D eigenvalue weighted by Gasteiger charge is -2.25. The number of aliphatic hydroxyl groups is 2. The fourth-order valence-corrected chi connectivity index (χ4v) is 4.73. The molecule has 4 rings (SSSR count). The van der Waals surface area contributed by atoms with Crippen LogP contribution in [0.2, 0.25) is 0 Å². The number of amides is 2. The minimum Gasteiger partial charge on any atom is -0.387 e. The first-order chi connectivity index (χ1) is 18.5. The van der Waals surface area contributed by atoms with Gasteiger partial charge < -0.3 is 36.2 Å². The lowest BCUT2D eigenvalue weighted by molar-refractivity contribution is -0.0423. The van der Waals surface area contributed by atoms with Crippen molar-refractivity contribution < 1.29 is 19.7 Å². The Morgan fingerprint density at radius 1 is 1.18 bits per heavy atom. The predicted octanol–water partition coefficient (Wildman–Crippen LogP) is 2.25. The van der Waals surface area contributed by atoms with E-state index in [1.54, 1.807) is 4.57 Å². The monoisotopic (exact) mass is 540 g/mol. The summed E-state index contributed by atoms with van der Waals surface area (Å²) in [7, 11) is 1.92. The molecule has 1 aliphatic heterocycles. The van der Waals surface area contributed by atoms with Gasteiger partial charge in [0.05, 0.1) is 6.33 Å². The molecule has 0 radical (unpaired) electrons. The summed E-state index contributed by atoms with van der Waals surface area (Å²) in [6.45, 7) is 9.53. The summed E-state index contributed by atoms with van der Waals surface area (Å²) in [5.41, 5.74) is 8.70. The van der Waals surface area contributed by atoms with Crippen molar-refractivity contribution in [1.29, 1.82) is 0 Å². The number of fused-ring (bicyclic) bond motifs is 1. The van der Waals surface area contributed by atoms with Crippen LogP contribution in [0.5, 0.6) is 0 Å². The van der Waals surface area contributed by atoms with E-state index in [0.717, 1.165) is 12.1 Å². The summed E-state index contributed by atoms with van der Waals surface area (Å²) in [5, 5.41) is 27.3. The van der Waals surface area contributed by atoms with E-state index in [2.05, 4.69) is 46.4 Å². The van der Waals surface area contributed by atoms with Crippen molar-refractivity contribution in [2.45, 2.75) is 76.5 Å². The van der Waals surface area contributed by atoms with E-state index in [4.69, 9.17) is 10.5 Å². The SMILES string of the molecule is CC[C@H](CCN(C)C[C@H]1O[C@@H](n2cnc3c(N)ncnc32)[C@H](O)[C@@H]1O)NC(=O)Nc1ccc(C(C)(C)C)cc1. The third-order valence-corrected chi connectivity index (χ3v) is 7.19. The van der Waals surface area contributed by atoms with Crippen molar-refractivity contribution in [1.82, 2.24) is 29.7 Å². The van der Waals surface area contributed by atoms with Gasteiger partial charge in [0.2, 0.25) is 0 Å². The molecule has 1 aliphatic rings. The second kappa shape index (κ2) is 11.8. The number of nitrogens with zero attached hydrogens (tertiary/aromatic N) is 5. The molecule has 3 heterocycles. The Morgan fingerprint density at radius 2 is 1.90 bits per heavy atom. The highest BCUT2D eigenvalue weighted by molar-refractivity contribution is 5.89. The van der Waals surface area contributed by atoms with Gasteiger partial charge >= 0.3 is 6.03 Å². The number of nitrogen functional groups attached to an aromatic ring is 1. The molecule has 0 aliphatic carbocycles. The molecule has 0 bridgehead atoms. The first-order valence-electron chi connectivity index (χ1n) is 13.3. The summed E-state index contributed by atoms with van der Waals surface area (Å²) in [6, 6.07) is 7.61. The molecule has 1 fully saturated rings. The number of nitrogens with two attached hydrogens (primary N) is 1. The zero-order valence-electron chi connectivity index (χ0n) is 23.2. The molecule has 3 aromatic rings. The van der Waals surface area contributed by atoms with Crippen molar-refractivity contribution in [2.24, 2.45) is 0 Å². The van der Waals surface area contributed by atoms with E-state index in [0.29, 0.717) is 30.7 Å². The van der Waals surface area contributed by atoms with Crippen LogP contribution in [0, 0.1) is 0 Å². The second-order valence-electron chi connectivity index (χ2n) is 11.2. The average molecular weight is 541 g/mol. The van der Waals surface area contributed by atoms with Crippen LogP contribution in [0.15, 0.2) is 36.9 Å². The summed E-state index contributed by atoms with van der Waals surface area (Å²) in [4.78, 5) is 27.0. The quantitative estimate of drug-likeness (QED) is 0.274. The number of hydrogen-bond donors (Lipinski definition) is 5. The van der Waals surface area contributed by atoms with Gasteiger partial charge in [-0.2, -0.15) is 0 Å². The number of hydrogen-bond acceptors (Lipinski definition) is 9. The number of urea groups is 1. The molecule has 1 aromatic carbocycles. The number of benzene rings is 1. The van der Waals surface area contributed by atoms with Gasteiger partial charge in [0.25, 0.3) is 0 Å². The Bertz CT molecular complexity index is 1260. The first kappa shape index (κ1) is 28.7. The van der Waals surface area contributed by atoms with Crippen molar-refractivity contribution in [3.8, 4) is 0 Å². The van der Waals surface area contributed by atoms with Gasteiger partial charge in [0, 0.05) is 18.3 Å². The number of likely N-dealkylation sites (N-methyl/N-ethyl adjacent to an activating group) is 1. The van der Waals surface area contributed by atoms with E-state index >= 15 is 0 Å². The lowest BCUT2D eigenvalue weighted by atomic mass is 9.87. The highest BCUT2D eigenvalue weighted by Gasteiger charge is 2.44. The lowest BCUT2D eigenvalue weighted by Crippen LogP contribution is -2.42. The summed E-state index contributed by atoms with van der Waals surface area (Å²) in [5.74, 6) is 0.231. The number of nitrogens with one attached hydrogen (secondary N) is 2. The first-order valence-corrected chi connectivity index (χ1v) is 13.3. The van der Waals surface area contributed by atoms with Crippen LogP contribution in [0.25, 0.3) is 11.2 Å². The molecule has 5 atom stereocenters. The fourth-order valence-electron chi connectivity index (χ4n) is 4.73. The van der Waals surface area contributed by atoms with Gasteiger partial charge in [0.1, 0.15) is 30.2 Å². The normalized spacial score (nSPS) is 22.4. The summed E-state index contributed by atoms with van der Waals surface area (Å²) >= 11 is 0. The second-order valence-corrected chi connectivity index (χ2v) is 11.2. The smallest absolute Gasteiger partial charge is 0.319 e. The molecule has 12 nitrogen and oxygen atoms in total. The number of carbonyl (C=O) groups is 1. The van der Waals surface area contributed by atoms with Gasteiger partial charge in [-0.15, -0.1) is 0 Å². The van der Waals surface area contributed by atoms with E-state index in [-0.39, 0.29) is 23.3 Å². The minimum atomic E-state index is -1.16. The molecule has 0 saturated carbocycles. The predicted molar refractivity (Wildman–Crippen MR) is 149 cm³/mol. The summed E-state index contributed by atoms with van der Waals surface area (Å²) < 4.78 is 7.61. The third-order valence-electron chi connectivity index (χ3n) is 7.19. The van der Waals surface area contributed by atoms with Gasteiger partial charge in [-0.05, 0) is 49.5 Å². The molecule has 2 aromatic heterocycles. The minimum absolute atomic E-state index is 0.0310. The Hall–Kier alpha value is -3.32. The van der Waals surface area contributed by atoms with Crippen LogP contribution in [0.4, 0.5) is 16.3 Å². The van der Waals surface area contributed by atoms with Crippen molar-refractivity contribution >= 4 is 28.7 Å². The number of aliphatic hydroxyl groups excluding tert-OH is 2. The van der Waals surface area contributed by atoms with Crippen LogP contribution >= 0.6 is 0 Å². The Labute approximate surface area is 228 Å². The van der Waals surface area contributed by atoms with Gasteiger partial charge in [-0.3, -0.25) is 4.57 Å². The Balaban J connectivity index is 1.27. The number of anilines is 2. The van der Waals surface area contributed by atoms with Crippen LogP contribution in [-0.4, -0.2) is 85.2 Å². The highest BCUT2D eigenvalue weighted by atomic mass is 16.6. The van der Waals surface area contributed by atoms with Gasteiger partial charge in [-0.25, -0.2) is 19.7 Å². The maximum atomic E-state index is 12.6. The molecule has 1 saturated heterocycles. The standard InChI is InChI=1S/C27H40N8O4/c1-6-17(32-26(38)33-18-9-7-16(8-10-18)27(2,3)4)11-12-34(5)13-19-21(36)22(37)25(39-19)35-15-31-20-23(28)29-14-30-24(20)35/h7-10,14-15,17,19,21-22,25,36-37H,6,11-13H2,1-5H3,(H2,28,29,30)(H2,32,33,38)/t17-,19-,21-,22-,25-/m1/s1. The molecular weight excluding hydrogens is 500 g/mol. The average Bonchev–Trinajstić information content (AvgIpc) is 3.43. The number of imidazole rings is 1. The maximum Gasteiger partial charge on any atom is 0.319 e. The largest absolute Gasteiger partial charge is 0.387 e. The molecule has 2 amide bonds. The third kappa shape index (κ3) is 6.64. The zero-order chi connectivity index (χ0) is 28.3. The maximum absolute atomic E-state index is 12.6. The zero-order valence-corrected chi connectivity index (χ0v) is 23.2. The molecule has 212 valence electrons. The fraction of sp³-hybridized carbons (Fsp3) is 0.556. The van der Waals surface area contributed by atoms with Crippen molar-refractivity contribution in [2.75, 3.05) is 31.2 Å². The van der Waals surface area contributed by atoms with Crippen LogP contribution in [-0.2, 0) is 10.2 Å². The van der Waals surface area contributed by atoms with Crippen molar-refractivity contribution in [3.63, 3.8) is 0 Å². The van der Waals surface area contributed by atoms with Crippen molar-refractivity contribution in [3.05, 3.63) is 42.5 Å². The van der Waals surface area contributed by atoms with E-state index in [1.165, 1.54) is 18.2 Å².